The van der Waals surface area contributed by atoms with Gasteiger partial charge in [0.1, 0.15) is 14.3 Å². The maximum absolute atomic E-state index is 11.0. The van der Waals surface area contributed by atoms with E-state index in [4.69, 9.17) is 0 Å². The van der Waals surface area contributed by atoms with Crippen LogP contribution in [0.1, 0.15) is 0 Å². The molecule has 0 saturated heterocycles. The minimum absolute atomic E-state index is 0.186. The van der Waals surface area contributed by atoms with Gasteiger partial charge in [0, 0.05) is 7.05 Å². The number of fused-ring (bicyclic) bond motifs is 1. The number of aromatic nitrogens is 2. The van der Waals surface area contributed by atoms with E-state index in [2.05, 4.69) is 4.98 Å². The predicted molar refractivity (Wildman–Crippen MR) is 72.0 cm³/mol. The van der Waals surface area contributed by atoms with Crippen LogP contribution in [0.15, 0.2) is 40.6 Å². The lowest BCUT2D eigenvalue weighted by molar-refractivity contribution is 0.465. The molecule has 0 saturated carbocycles. The first-order valence-electron chi connectivity index (χ1n) is 5.44. The van der Waals surface area contributed by atoms with Crippen LogP contribution >= 0.6 is 11.3 Å². The lowest BCUT2D eigenvalue weighted by Gasteiger charge is -2.02. The van der Waals surface area contributed by atoms with Crippen LogP contribution in [0.3, 0.4) is 0 Å². The Kier molecular flexibility index (Phi) is 2.70. The van der Waals surface area contributed by atoms with E-state index in [9.17, 15) is 13.0 Å². The zero-order valence-corrected chi connectivity index (χ0v) is 11.5. The molecule has 2 aromatic heterocycles. The normalized spacial score (nSPS) is 12.1. The number of benzene rings is 1. The first kappa shape index (κ1) is 12.3. The third-order valence-electron chi connectivity index (χ3n) is 2.84. The molecular weight excluding hydrogens is 284 g/mol. The third-order valence-corrected chi connectivity index (χ3v) is 5.20. The van der Waals surface area contributed by atoms with Crippen LogP contribution in [0.2, 0.25) is 0 Å². The first-order valence-corrected chi connectivity index (χ1v) is 7.67. The molecule has 0 amide bonds. The number of rotatable bonds is 2. The molecule has 0 spiro atoms. The summed E-state index contributed by atoms with van der Waals surface area (Å²) in [6.45, 7) is 0. The number of para-hydroxylation sites is 2. The molecule has 5 nitrogen and oxygen atoms in total. The molecule has 0 aliphatic carbocycles. The minimum Gasteiger partial charge on any atom is -0.743 e. The summed E-state index contributed by atoms with van der Waals surface area (Å²) in [4.78, 5) is 5.11. The molecule has 98 valence electrons. The van der Waals surface area contributed by atoms with E-state index >= 15 is 0 Å². The van der Waals surface area contributed by atoms with Crippen molar-refractivity contribution in [3.8, 4) is 10.7 Å². The zero-order valence-electron chi connectivity index (χ0n) is 9.90. The van der Waals surface area contributed by atoms with Gasteiger partial charge >= 0.3 is 0 Å². The molecule has 0 aliphatic heterocycles. The van der Waals surface area contributed by atoms with Crippen LogP contribution in [-0.2, 0) is 17.2 Å². The van der Waals surface area contributed by atoms with E-state index in [0.717, 1.165) is 22.4 Å². The summed E-state index contributed by atoms with van der Waals surface area (Å²) in [5.41, 5.74) is 1.79. The van der Waals surface area contributed by atoms with Gasteiger partial charge in [-0.15, -0.1) is 11.3 Å². The van der Waals surface area contributed by atoms with Gasteiger partial charge in [-0.25, -0.2) is 13.4 Å². The van der Waals surface area contributed by atoms with Crippen molar-refractivity contribution >= 4 is 32.5 Å². The smallest absolute Gasteiger partial charge is 0.151 e. The lowest BCUT2D eigenvalue weighted by atomic mass is 10.3. The monoisotopic (exact) mass is 293 g/mol. The van der Waals surface area contributed by atoms with Crippen LogP contribution in [0.5, 0.6) is 0 Å². The summed E-state index contributed by atoms with van der Waals surface area (Å²) in [6.07, 6.45) is 0. The number of nitrogens with zero attached hydrogens (tertiary/aromatic N) is 2. The standard InChI is InChI=1S/C12H10N2O3S2/c1-14-9-5-3-2-4-8(9)13-12(14)10-6-7-11(18-10)19(15,16)17/h2-7H,1H3,(H,15,16,17)/p-1. The zero-order chi connectivity index (χ0) is 13.6. The fraction of sp³-hybridized carbons (Fsp3) is 0.0833. The van der Waals surface area contributed by atoms with Crippen molar-refractivity contribution in [2.75, 3.05) is 0 Å². The van der Waals surface area contributed by atoms with E-state index in [1.54, 1.807) is 6.07 Å². The summed E-state index contributed by atoms with van der Waals surface area (Å²) in [7, 11) is -2.54. The average molecular weight is 293 g/mol. The Hall–Kier alpha value is -1.70. The first-order chi connectivity index (χ1) is 8.97. The van der Waals surface area contributed by atoms with E-state index in [1.807, 2.05) is 35.9 Å². The minimum atomic E-state index is -4.40. The van der Waals surface area contributed by atoms with Gasteiger partial charge in [0.15, 0.2) is 5.82 Å². The number of imidazole rings is 1. The van der Waals surface area contributed by atoms with Crippen molar-refractivity contribution < 1.29 is 13.0 Å². The highest BCUT2D eigenvalue weighted by molar-refractivity contribution is 7.88. The van der Waals surface area contributed by atoms with Crippen molar-refractivity contribution in [3.05, 3.63) is 36.4 Å². The average Bonchev–Trinajstić information content (AvgIpc) is 2.94. The Bertz CT molecular complexity index is 862. The topological polar surface area (TPSA) is 75.0 Å². The molecule has 3 aromatic rings. The van der Waals surface area contributed by atoms with Crippen molar-refractivity contribution in [1.29, 1.82) is 0 Å². The van der Waals surface area contributed by atoms with Gasteiger partial charge in [-0.3, -0.25) is 0 Å². The molecular formula is C12H9N2O3S2-. The molecule has 19 heavy (non-hydrogen) atoms. The highest BCUT2D eigenvalue weighted by atomic mass is 32.3. The molecule has 7 heteroatoms. The molecule has 2 heterocycles. The number of thiophene rings is 1. The van der Waals surface area contributed by atoms with Crippen LogP contribution in [0.25, 0.3) is 21.7 Å². The van der Waals surface area contributed by atoms with E-state index in [1.165, 1.54) is 6.07 Å². The SMILES string of the molecule is Cn1c(-c2ccc(S(=O)(=O)[O-])s2)nc2ccccc21. The van der Waals surface area contributed by atoms with Crippen molar-refractivity contribution in [2.45, 2.75) is 4.21 Å². The summed E-state index contributed by atoms with van der Waals surface area (Å²) in [5, 5.41) is 0. The predicted octanol–water partition coefficient (Wildman–Crippen LogP) is 2.21. The molecule has 0 atom stereocenters. The van der Waals surface area contributed by atoms with Gasteiger partial charge < -0.3 is 9.12 Å². The molecule has 0 fully saturated rings. The van der Waals surface area contributed by atoms with Gasteiger partial charge in [0.05, 0.1) is 15.9 Å². The Morgan fingerprint density at radius 1 is 1.21 bits per heavy atom. The fourth-order valence-electron chi connectivity index (χ4n) is 1.94. The quantitative estimate of drug-likeness (QED) is 0.679. The van der Waals surface area contributed by atoms with E-state index in [-0.39, 0.29) is 4.21 Å². The van der Waals surface area contributed by atoms with Crippen LogP contribution in [0, 0.1) is 0 Å². The highest BCUT2D eigenvalue weighted by Crippen LogP contribution is 2.31. The van der Waals surface area contributed by atoms with E-state index < -0.39 is 10.1 Å². The second-order valence-corrected chi connectivity index (χ2v) is 6.75. The maximum Gasteiger partial charge on any atom is 0.151 e. The molecule has 3 rings (SSSR count). The number of hydrogen-bond donors (Lipinski definition) is 0. The summed E-state index contributed by atoms with van der Waals surface area (Å²) < 4.78 is 34.6. The lowest BCUT2D eigenvalue weighted by Crippen LogP contribution is -1.94. The summed E-state index contributed by atoms with van der Waals surface area (Å²) in [6, 6.07) is 10.6. The Morgan fingerprint density at radius 3 is 2.58 bits per heavy atom. The van der Waals surface area contributed by atoms with Crippen LogP contribution in [0.4, 0.5) is 0 Å². The van der Waals surface area contributed by atoms with Crippen LogP contribution in [-0.4, -0.2) is 22.5 Å². The highest BCUT2D eigenvalue weighted by Gasteiger charge is 2.13. The van der Waals surface area contributed by atoms with Crippen LogP contribution < -0.4 is 0 Å². The molecule has 0 bridgehead atoms. The summed E-state index contributed by atoms with van der Waals surface area (Å²) >= 11 is 0.939. The third kappa shape index (κ3) is 2.05. The Morgan fingerprint density at radius 2 is 1.95 bits per heavy atom. The largest absolute Gasteiger partial charge is 0.743 e. The summed E-state index contributed by atoms with van der Waals surface area (Å²) in [5.74, 6) is 0.654. The van der Waals surface area contributed by atoms with E-state index in [0.29, 0.717) is 10.7 Å². The maximum atomic E-state index is 11.0. The van der Waals surface area contributed by atoms with Gasteiger partial charge in [-0.05, 0) is 24.3 Å². The number of hydrogen-bond acceptors (Lipinski definition) is 5. The molecule has 0 unspecified atom stereocenters. The molecule has 1 aromatic carbocycles. The number of aryl methyl sites for hydroxylation is 1. The fourth-order valence-corrected chi connectivity index (χ4v) is 3.62. The molecule has 0 radical (unpaired) electrons. The van der Waals surface area contributed by atoms with Crippen molar-refractivity contribution in [2.24, 2.45) is 7.05 Å². The van der Waals surface area contributed by atoms with Crippen molar-refractivity contribution in [3.63, 3.8) is 0 Å². The van der Waals surface area contributed by atoms with Gasteiger partial charge in [0.2, 0.25) is 0 Å². The van der Waals surface area contributed by atoms with Gasteiger partial charge in [-0.1, -0.05) is 12.1 Å². The second-order valence-electron chi connectivity index (χ2n) is 4.06. The Balaban J connectivity index is 2.20. The molecule has 0 aliphatic rings. The van der Waals surface area contributed by atoms with Gasteiger partial charge in [0.25, 0.3) is 0 Å². The Labute approximate surface area is 113 Å². The molecule has 0 N–H and O–H groups in total. The second kappa shape index (κ2) is 4.16. The van der Waals surface area contributed by atoms with Gasteiger partial charge in [-0.2, -0.15) is 0 Å². The van der Waals surface area contributed by atoms with Crippen molar-refractivity contribution in [1.82, 2.24) is 9.55 Å².